The molecule has 4 nitrogen and oxygen atoms in total. The van der Waals surface area contributed by atoms with Crippen molar-refractivity contribution in [1.82, 2.24) is 0 Å². The molecule has 26 heavy (non-hydrogen) atoms. The first-order valence-corrected chi connectivity index (χ1v) is 10.2. The highest BCUT2D eigenvalue weighted by atomic mass is 32.2. The topological polar surface area (TPSA) is 69.4 Å². The minimum Gasteiger partial charge on any atom is -0.497 e. The van der Waals surface area contributed by atoms with Gasteiger partial charge >= 0.3 is 0 Å². The summed E-state index contributed by atoms with van der Waals surface area (Å²) in [4.78, 5) is 0.133. The molecule has 2 N–H and O–H groups in total. The lowest BCUT2D eigenvalue weighted by atomic mass is 9.70. The zero-order valence-electron chi connectivity index (χ0n) is 14.6. The number of rotatable bonds is 4. The summed E-state index contributed by atoms with van der Waals surface area (Å²) in [6.07, 6.45) is 8.25. The van der Waals surface area contributed by atoms with Gasteiger partial charge in [-0.3, -0.25) is 0 Å². The third-order valence-electron chi connectivity index (χ3n) is 5.33. The van der Waals surface area contributed by atoms with Crippen LogP contribution >= 0.6 is 0 Å². The Bertz CT molecular complexity index is 996. The van der Waals surface area contributed by atoms with Crippen LogP contribution < -0.4 is 9.88 Å². The molecule has 1 saturated carbocycles. The summed E-state index contributed by atoms with van der Waals surface area (Å²) in [5, 5.41) is 5.21. The van der Waals surface area contributed by atoms with Gasteiger partial charge in [-0.2, -0.15) is 0 Å². The molecule has 2 aliphatic rings. The molecule has 0 amide bonds. The second kappa shape index (κ2) is 6.11. The molecule has 0 unspecified atom stereocenters. The van der Waals surface area contributed by atoms with Crippen molar-refractivity contribution >= 4 is 21.2 Å². The van der Waals surface area contributed by atoms with E-state index in [-0.39, 0.29) is 10.3 Å². The predicted molar refractivity (Wildman–Crippen MR) is 103 cm³/mol. The van der Waals surface area contributed by atoms with Crippen molar-refractivity contribution in [1.29, 1.82) is 0 Å². The molecule has 134 valence electrons. The molecule has 4 rings (SSSR count). The standard InChI is InChI=1S/C21H21NO3S/c1-25-17-7-3-15(4-8-17)19-13-21(11-2-12-21)14-20(19)16-5-9-18(10-6-16)26(22,23)24/h3-10,13-14H,2,11-12H2,1H3,(H2,22,23,24). The number of methoxy groups -OCH3 is 1. The summed E-state index contributed by atoms with van der Waals surface area (Å²) < 4.78 is 28.3. The Kier molecular flexibility index (Phi) is 4.01. The van der Waals surface area contributed by atoms with E-state index in [0.717, 1.165) is 35.3 Å². The highest BCUT2D eigenvalue weighted by Crippen LogP contribution is 2.54. The number of ether oxygens (including phenoxy) is 1. The van der Waals surface area contributed by atoms with Crippen LogP contribution in [0.1, 0.15) is 30.4 Å². The molecule has 0 heterocycles. The Hall–Kier alpha value is -2.37. The third kappa shape index (κ3) is 2.97. The average Bonchev–Trinajstić information content (AvgIpc) is 3.03. The van der Waals surface area contributed by atoms with Crippen molar-refractivity contribution in [3.63, 3.8) is 0 Å². The largest absolute Gasteiger partial charge is 0.497 e. The number of primary sulfonamides is 1. The maximum absolute atomic E-state index is 11.5. The maximum atomic E-state index is 11.5. The summed E-state index contributed by atoms with van der Waals surface area (Å²) >= 11 is 0. The quantitative estimate of drug-likeness (QED) is 0.888. The zero-order valence-corrected chi connectivity index (χ0v) is 15.4. The van der Waals surface area contributed by atoms with Crippen molar-refractivity contribution in [2.24, 2.45) is 10.6 Å². The van der Waals surface area contributed by atoms with Gasteiger partial charge in [0.1, 0.15) is 5.75 Å². The van der Waals surface area contributed by atoms with Crippen LogP contribution in [0.2, 0.25) is 0 Å². The fourth-order valence-electron chi connectivity index (χ4n) is 3.72. The summed E-state index contributed by atoms with van der Waals surface area (Å²) in [7, 11) is -2.02. The Balaban J connectivity index is 1.75. The Morgan fingerprint density at radius 1 is 0.885 bits per heavy atom. The highest BCUT2D eigenvalue weighted by molar-refractivity contribution is 7.89. The van der Waals surface area contributed by atoms with Crippen molar-refractivity contribution in [2.75, 3.05) is 7.11 Å². The van der Waals surface area contributed by atoms with Gasteiger partial charge < -0.3 is 4.74 Å². The van der Waals surface area contributed by atoms with Gasteiger partial charge in [0.15, 0.2) is 0 Å². The molecule has 1 fully saturated rings. The number of allylic oxidation sites excluding steroid dienone is 4. The van der Waals surface area contributed by atoms with Gasteiger partial charge in [-0.1, -0.05) is 42.8 Å². The van der Waals surface area contributed by atoms with E-state index in [2.05, 4.69) is 24.3 Å². The molecular weight excluding hydrogens is 346 g/mol. The molecule has 0 radical (unpaired) electrons. The van der Waals surface area contributed by atoms with E-state index in [0.29, 0.717) is 0 Å². The second-order valence-corrected chi connectivity index (χ2v) is 8.56. The number of hydrogen-bond acceptors (Lipinski definition) is 3. The van der Waals surface area contributed by atoms with Gasteiger partial charge in [0.2, 0.25) is 10.0 Å². The molecule has 0 atom stereocenters. The third-order valence-corrected chi connectivity index (χ3v) is 6.26. The van der Waals surface area contributed by atoms with Gasteiger partial charge in [0, 0.05) is 5.41 Å². The van der Waals surface area contributed by atoms with Crippen LogP contribution in [0.4, 0.5) is 0 Å². The molecule has 2 aromatic carbocycles. The molecule has 0 bridgehead atoms. The van der Waals surface area contributed by atoms with E-state index >= 15 is 0 Å². The normalized spacial score (nSPS) is 18.2. The number of hydrogen-bond donors (Lipinski definition) is 1. The van der Waals surface area contributed by atoms with Crippen LogP contribution in [0, 0.1) is 5.41 Å². The van der Waals surface area contributed by atoms with Crippen molar-refractivity contribution in [2.45, 2.75) is 24.2 Å². The van der Waals surface area contributed by atoms with Crippen molar-refractivity contribution in [3.8, 4) is 5.75 Å². The van der Waals surface area contributed by atoms with Crippen LogP contribution in [0.5, 0.6) is 5.75 Å². The Labute approximate surface area is 154 Å². The number of nitrogens with two attached hydrogens (primary N) is 1. The van der Waals surface area contributed by atoms with Gasteiger partial charge in [-0.05, 0) is 59.4 Å². The molecule has 2 aromatic rings. The summed E-state index contributed by atoms with van der Waals surface area (Å²) in [5.74, 6) is 0.828. The Morgan fingerprint density at radius 2 is 1.38 bits per heavy atom. The Morgan fingerprint density at radius 3 is 1.77 bits per heavy atom. The molecular formula is C21H21NO3S. The lowest BCUT2D eigenvalue weighted by molar-refractivity contribution is 0.282. The molecule has 1 spiro atoms. The van der Waals surface area contributed by atoms with E-state index in [1.54, 1.807) is 19.2 Å². The summed E-state index contributed by atoms with van der Waals surface area (Å²) in [5.41, 5.74) is 4.62. The average molecular weight is 367 g/mol. The van der Waals surface area contributed by atoms with Gasteiger partial charge in [-0.15, -0.1) is 0 Å². The van der Waals surface area contributed by atoms with E-state index in [1.165, 1.54) is 12.0 Å². The minimum absolute atomic E-state index is 0.133. The molecule has 0 saturated heterocycles. The first-order chi connectivity index (χ1) is 12.4. The van der Waals surface area contributed by atoms with Crippen molar-refractivity contribution in [3.05, 3.63) is 71.8 Å². The number of sulfonamides is 1. The van der Waals surface area contributed by atoms with Crippen LogP contribution in [0.25, 0.3) is 11.1 Å². The molecule has 2 aliphatic carbocycles. The van der Waals surface area contributed by atoms with E-state index in [4.69, 9.17) is 9.88 Å². The fourth-order valence-corrected chi connectivity index (χ4v) is 4.23. The zero-order chi connectivity index (χ0) is 18.4. The lowest BCUT2D eigenvalue weighted by Gasteiger charge is -2.34. The minimum atomic E-state index is -3.68. The monoisotopic (exact) mass is 367 g/mol. The van der Waals surface area contributed by atoms with Crippen LogP contribution in [-0.2, 0) is 10.0 Å². The molecule has 0 aliphatic heterocycles. The SMILES string of the molecule is COc1ccc(C2=CC3(C=C2c2ccc(S(N)(=O)=O)cc2)CCC3)cc1. The predicted octanol–water partition coefficient (Wildman–Crippen LogP) is 3.99. The first kappa shape index (κ1) is 17.1. The van der Waals surface area contributed by atoms with Crippen LogP contribution in [-0.4, -0.2) is 15.5 Å². The summed E-state index contributed by atoms with van der Waals surface area (Å²) in [6, 6.07) is 14.9. The maximum Gasteiger partial charge on any atom is 0.238 e. The molecule has 0 aromatic heterocycles. The van der Waals surface area contributed by atoms with Crippen molar-refractivity contribution < 1.29 is 13.2 Å². The highest BCUT2D eigenvalue weighted by Gasteiger charge is 2.38. The fraction of sp³-hybridized carbons (Fsp3) is 0.238. The lowest BCUT2D eigenvalue weighted by Crippen LogP contribution is -2.22. The van der Waals surface area contributed by atoms with Gasteiger partial charge in [-0.25, -0.2) is 13.6 Å². The van der Waals surface area contributed by atoms with E-state index in [9.17, 15) is 8.42 Å². The van der Waals surface area contributed by atoms with E-state index < -0.39 is 10.0 Å². The van der Waals surface area contributed by atoms with E-state index in [1.807, 2.05) is 24.3 Å². The molecule has 5 heteroatoms. The second-order valence-electron chi connectivity index (χ2n) is 7.00. The first-order valence-electron chi connectivity index (χ1n) is 8.64. The van der Waals surface area contributed by atoms with Crippen LogP contribution in [0.3, 0.4) is 0 Å². The summed E-state index contributed by atoms with van der Waals surface area (Å²) in [6.45, 7) is 0. The smallest absolute Gasteiger partial charge is 0.238 e. The number of benzene rings is 2. The van der Waals surface area contributed by atoms with Gasteiger partial charge in [0.05, 0.1) is 12.0 Å². The van der Waals surface area contributed by atoms with Crippen LogP contribution in [0.15, 0.2) is 65.6 Å². The van der Waals surface area contributed by atoms with Gasteiger partial charge in [0.25, 0.3) is 0 Å².